The normalized spacial score (nSPS) is 18.6. The third-order valence-corrected chi connectivity index (χ3v) is 6.25. The number of rotatable bonds is 3. The molecule has 0 saturated heterocycles. The molecular formula is C24H23F3N6O. The summed E-state index contributed by atoms with van der Waals surface area (Å²) in [4.78, 5) is 21.5. The van der Waals surface area contributed by atoms with Gasteiger partial charge in [-0.15, -0.1) is 0 Å². The summed E-state index contributed by atoms with van der Waals surface area (Å²) in [6.07, 6.45) is 0.0322. The lowest BCUT2D eigenvalue weighted by atomic mass is 9.98. The van der Waals surface area contributed by atoms with Crippen molar-refractivity contribution in [3.05, 3.63) is 71.6 Å². The van der Waals surface area contributed by atoms with Gasteiger partial charge in [0.2, 0.25) is 0 Å². The first kappa shape index (κ1) is 22.0. The molecule has 7 nitrogen and oxygen atoms in total. The second-order valence-corrected chi connectivity index (χ2v) is 8.51. The molecule has 0 spiro atoms. The number of nitrogen functional groups attached to an aromatic ring is 1. The fourth-order valence-electron chi connectivity index (χ4n) is 4.49. The van der Waals surface area contributed by atoms with E-state index < -0.39 is 11.7 Å². The van der Waals surface area contributed by atoms with Crippen LogP contribution in [0.1, 0.15) is 41.0 Å². The lowest BCUT2D eigenvalue weighted by Crippen LogP contribution is -2.43. The molecule has 34 heavy (non-hydrogen) atoms. The van der Waals surface area contributed by atoms with Crippen LogP contribution in [0.5, 0.6) is 0 Å². The molecule has 1 aromatic carbocycles. The van der Waals surface area contributed by atoms with Crippen LogP contribution in [-0.2, 0) is 6.18 Å². The molecule has 2 aliphatic heterocycles. The minimum absolute atomic E-state index is 0.124. The van der Waals surface area contributed by atoms with Gasteiger partial charge in [0.05, 0.1) is 17.8 Å². The Labute approximate surface area is 194 Å². The molecule has 176 valence electrons. The number of fused-ring (bicyclic) bond motifs is 1. The monoisotopic (exact) mass is 468 g/mol. The number of benzene rings is 1. The van der Waals surface area contributed by atoms with E-state index in [0.717, 1.165) is 29.1 Å². The number of pyridine rings is 1. The van der Waals surface area contributed by atoms with Crippen molar-refractivity contribution < 1.29 is 18.0 Å². The van der Waals surface area contributed by atoms with Crippen molar-refractivity contribution in [2.24, 2.45) is 0 Å². The van der Waals surface area contributed by atoms with E-state index in [2.05, 4.69) is 21.1 Å². The zero-order chi connectivity index (χ0) is 24.0. The van der Waals surface area contributed by atoms with E-state index in [1.165, 1.54) is 17.0 Å². The number of aromatic nitrogens is 3. The zero-order valence-corrected chi connectivity index (χ0v) is 18.5. The molecule has 0 radical (unpaired) electrons. The molecule has 0 fully saturated rings. The summed E-state index contributed by atoms with van der Waals surface area (Å²) in [6.45, 7) is 3.58. The van der Waals surface area contributed by atoms with Gasteiger partial charge in [0.25, 0.3) is 5.91 Å². The van der Waals surface area contributed by atoms with Gasteiger partial charge in [-0.05, 0) is 55.3 Å². The van der Waals surface area contributed by atoms with Gasteiger partial charge in [0.1, 0.15) is 17.3 Å². The van der Waals surface area contributed by atoms with E-state index in [9.17, 15) is 18.0 Å². The molecule has 0 aliphatic carbocycles. The van der Waals surface area contributed by atoms with E-state index in [1.807, 2.05) is 19.1 Å². The molecule has 0 saturated carbocycles. The summed E-state index contributed by atoms with van der Waals surface area (Å²) in [5.74, 6) is 0.984. The quantitative estimate of drug-likeness (QED) is 0.617. The summed E-state index contributed by atoms with van der Waals surface area (Å²) in [5.41, 5.74) is 7.72. The highest BCUT2D eigenvalue weighted by Gasteiger charge is 2.35. The average molecular weight is 468 g/mol. The van der Waals surface area contributed by atoms with E-state index in [0.29, 0.717) is 43.3 Å². The number of nitrogens with zero attached hydrogens (tertiary/aromatic N) is 5. The van der Waals surface area contributed by atoms with Crippen LogP contribution in [0.2, 0.25) is 0 Å². The lowest BCUT2D eigenvalue weighted by Gasteiger charge is -2.33. The number of carbonyl (C=O) groups excluding carboxylic acids is 1. The van der Waals surface area contributed by atoms with E-state index in [1.54, 1.807) is 16.9 Å². The summed E-state index contributed by atoms with van der Waals surface area (Å²) in [6, 6.07) is 10.1. The Kier molecular flexibility index (Phi) is 5.30. The number of carbonyl (C=O) groups is 1. The van der Waals surface area contributed by atoms with Crippen molar-refractivity contribution in [1.29, 1.82) is 0 Å². The number of alkyl halides is 3. The number of amides is 1. The number of anilines is 3. The van der Waals surface area contributed by atoms with Crippen LogP contribution < -0.4 is 15.5 Å². The Morgan fingerprint density at radius 3 is 2.53 bits per heavy atom. The minimum Gasteiger partial charge on any atom is -0.384 e. The maximum Gasteiger partial charge on any atom is 0.416 e. The van der Waals surface area contributed by atoms with Crippen molar-refractivity contribution in [1.82, 2.24) is 14.8 Å². The molecule has 3 aromatic rings. The third kappa shape index (κ3) is 3.89. The predicted octanol–water partition coefficient (Wildman–Crippen LogP) is 4.39. The highest BCUT2D eigenvalue weighted by Crippen LogP contribution is 2.35. The number of nitrogens with two attached hydrogens (primary N) is 1. The fraction of sp³-hybridized carbons (Fsp3) is 0.292. The van der Waals surface area contributed by atoms with Crippen LogP contribution in [0.15, 0.2) is 54.7 Å². The van der Waals surface area contributed by atoms with Gasteiger partial charge >= 0.3 is 6.18 Å². The summed E-state index contributed by atoms with van der Waals surface area (Å²) in [5, 5.41) is 4.46. The van der Waals surface area contributed by atoms with Gasteiger partial charge in [0, 0.05) is 30.9 Å². The second-order valence-electron chi connectivity index (χ2n) is 8.51. The summed E-state index contributed by atoms with van der Waals surface area (Å²) < 4.78 is 40.6. The topological polar surface area (TPSA) is 80.3 Å². The van der Waals surface area contributed by atoms with Gasteiger partial charge in [-0.3, -0.25) is 9.48 Å². The molecule has 1 atom stereocenters. The van der Waals surface area contributed by atoms with Gasteiger partial charge in [-0.1, -0.05) is 12.1 Å². The maximum atomic E-state index is 13.5. The molecule has 1 amide bonds. The zero-order valence-electron chi connectivity index (χ0n) is 18.5. The van der Waals surface area contributed by atoms with E-state index in [-0.39, 0.29) is 11.9 Å². The Morgan fingerprint density at radius 2 is 1.88 bits per heavy atom. The summed E-state index contributed by atoms with van der Waals surface area (Å²) in [7, 11) is 0. The molecule has 2 aromatic heterocycles. The molecule has 4 heterocycles. The Morgan fingerprint density at radius 1 is 1.12 bits per heavy atom. The van der Waals surface area contributed by atoms with Crippen molar-refractivity contribution in [3.63, 3.8) is 0 Å². The van der Waals surface area contributed by atoms with Crippen molar-refractivity contribution in [3.8, 4) is 0 Å². The largest absolute Gasteiger partial charge is 0.416 e. The van der Waals surface area contributed by atoms with Crippen LogP contribution in [0.25, 0.3) is 5.57 Å². The molecule has 0 bridgehead atoms. The van der Waals surface area contributed by atoms with E-state index >= 15 is 0 Å². The fourth-order valence-corrected chi connectivity index (χ4v) is 4.49. The van der Waals surface area contributed by atoms with Gasteiger partial charge in [-0.2, -0.15) is 18.3 Å². The van der Waals surface area contributed by atoms with Crippen molar-refractivity contribution in [2.75, 3.05) is 35.2 Å². The lowest BCUT2D eigenvalue weighted by molar-refractivity contribution is -0.137. The Balaban J connectivity index is 1.42. The average Bonchev–Trinajstić information content (AvgIpc) is 3.27. The number of hydrogen-bond donors (Lipinski definition) is 1. The minimum atomic E-state index is -4.42. The molecule has 5 rings (SSSR count). The van der Waals surface area contributed by atoms with Gasteiger partial charge in [-0.25, -0.2) is 4.98 Å². The maximum absolute atomic E-state index is 13.5. The second kappa shape index (κ2) is 8.19. The van der Waals surface area contributed by atoms with Crippen molar-refractivity contribution >= 4 is 28.8 Å². The first-order valence-electron chi connectivity index (χ1n) is 11.0. The molecular weight excluding hydrogens is 445 g/mol. The van der Waals surface area contributed by atoms with Gasteiger partial charge < -0.3 is 15.5 Å². The van der Waals surface area contributed by atoms with Crippen molar-refractivity contribution in [2.45, 2.75) is 25.6 Å². The number of hydrogen-bond acceptors (Lipinski definition) is 5. The van der Waals surface area contributed by atoms with Crippen LogP contribution in [0, 0.1) is 0 Å². The molecule has 1 unspecified atom stereocenters. The molecule has 2 N–H and O–H groups in total. The Hall–Kier alpha value is -3.82. The smallest absolute Gasteiger partial charge is 0.384 e. The SMILES string of the molecule is CC1CN(c2ccc(C(F)(F)F)cc2)C(=O)c2c(C3=CCN(c4cccc(N)n4)CC3)cnn21. The third-order valence-electron chi connectivity index (χ3n) is 6.25. The van der Waals surface area contributed by atoms with Crippen LogP contribution in [-0.4, -0.2) is 40.3 Å². The predicted molar refractivity (Wildman–Crippen MR) is 124 cm³/mol. The molecule has 10 heteroatoms. The Bertz CT molecular complexity index is 1260. The first-order chi connectivity index (χ1) is 16.2. The van der Waals surface area contributed by atoms with Crippen LogP contribution in [0.4, 0.5) is 30.5 Å². The highest BCUT2D eigenvalue weighted by atomic mass is 19.4. The van der Waals surface area contributed by atoms with Gasteiger partial charge in [0.15, 0.2) is 0 Å². The van der Waals surface area contributed by atoms with Crippen LogP contribution >= 0.6 is 0 Å². The standard InChI is InChI=1S/C24H23F3N6O/c1-15-14-32(18-7-5-17(6-8-18)24(25,26)27)23(34)22-19(13-29-33(15)22)16-9-11-31(12-10-16)21-4-2-3-20(28)30-21/h2-9,13,15H,10-12,14H2,1H3,(H2,28,30). The first-order valence-corrected chi connectivity index (χ1v) is 11.0. The number of halogens is 3. The molecule has 2 aliphatic rings. The van der Waals surface area contributed by atoms with E-state index in [4.69, 9.17) is 5.73 Å². The highest BCUT2D eigenvalue weighted by molar-refractivity contribution is 6.08. The van der Waals surface area contributed by atoms with Crippen LogP contribution in [0.3, 0.4) is 0 Å². The summed E-state index contributed by atoms with van der Waals surface area (Å²) >= 11 is 0.